The van der Waals surface area contributed by atoms with Gasteiger partial charge in [0, 0.05) is 31.7 Å². The van der Waals surface area contributed by atoms with Gasteiger partial charge in [-0.3, -0.25) is 4.79 Å². The molecular weight excluding hydrogens is 288 g/mol. The summed E-state index contributed by atoms with van der Waals surface area (Å²) >= 11 is 0. The Morgan fingerprint density at radius 2 is 2.00 bits per heavy atom. The van der Waals surface area contributed by atoms with Crippen LogP contribution in [0.5, 0.6) is 0 Å². The van der Waals surface area contributed by atoms with E-state index in [1.165, 1.54) is 24.8 Å². The summed E-state index contributed by atoms with van der Waals surface area (Å²) in [6.07, 6.45) is 4.84. The van der Waals surface area contributed by atoms with Gasteiger partial charge in [-0.2, -0.15) is 0 Å². The van der Waals surface area contributed by atoms with Gasteiger partial charge in [-0.05, 0) is 32.0 Å². The molecule has 2 fully saturated rings. The zero-order valence-electron chi connectivity index (χ0n) is 14.3. The summed E-state index contributed by atoms with van der Waals surface area (Å²) in [5, 5.41) is 0. The molecule has 0 radical (unpaired) electrons. The van der Waals surface area contributed by atoms with Crippen LogP contribution in [-0.2, 0) is 9.53 Å². The maximum absolute atomic E-state index is 12.6. The van der Waals surface area contributed by atoms with Gasteiger partial charge in [0.25, 0.3) is 0 Å². The molecule has 2 saturated heterocycles. The number of carbonyl (C=O) groups is 1. The summed E-state index contributed by atoms with van der Waals surface area (Å²) in [6, 6.07) is 11.4. The summed E-state index contributed by atoms with van der Waals surface area (Å²) in [4.78, 5) is 17.1. The predicted octanol–water partition coefficient (Wildman–Crippen LogP) is 2.50. The van der Waals surface area contributed by atoms with Crippen molar-refractivity contribution in [2.75, 3.05) is 33.9 Å². The van der Waals surface area contributed by atoms with Crippen molar-refractivity contribution in [3.05, 3.63) is 35.9 Å². The smallest absolute Gasteiger partial charge is 0.248 e. The molecule has 2 heterocycles. The lowest BCUT2D eigenvalue weighted by atomic mass is 9.87. The quantitative estimate of drug-likeness (QED) is 0.859. The van der Waals surface area contributed by atoms with Crippen molar-refractivity contribution in [1.82, 2.24) is 9.80 Å². The Morgan fingerprint density at radius 1 is 1.22 bits per heavy atom. The molecule has 3 atom stereocenters. The molecule has 2 aliphatic heterocycles. The normalized spacial score (nSPS) is 29.0. The number of carbonyl (C=O) groups excluding carboxylic acids is 1. The number of nitrogens with zero attached hydrogens (tertiary/aromatic N) is 2. The van der Waals surface area contributed by atoms with Gasteiger partial charge >= 0.3 is 0 Å². The Balaban J connectivity index is 1.91. The van der Waals surface area contributed by atoms with E-state index in [1.54, 1.807) is 7.11 Å². The first-order chi connectivity index (χ1) is 11.2. The maximum atomic E-state index is 12.6. The highest BCUT2D eigenvalue weighted by Gasteiger charge is 2.46. The molecule has 0 spiro atoms. The second kappa shape index (κ2) is 7.45. The van der Waals surface area contributed by atoms with Crippen LogP contribution in [0, 0.1) is 0 Å². The van der Waals surface area contributed by atoms with Crippen LogP contribution in [0.15, 0.2) is 30.3 Å². The molecule has 3 rings (SSSR count). The second-order valence-corrected chi connectivity index (χ2v) is 6.88. The van der Waals surface area contributed by atoms with E-state index in [0.29, 0.717) is 18.0 Å². The van der Waals surface area contributed by atoms with Crippen LogP contribution in [0.4, 0.5) is 0 Å². The minimum Gasteiger partial charge on any atom is -0.375 e. The Morgan fingerprint density at radius 3 is 2.74 bits per heavy atom. The van der Waals surface area contributed by atoms with Gasteiger partial charge < -0.3 is 14.5 Å². The van der Waals surface area contributed by atoms with Crippen molar-refractivity contribution in [3.8, 4) is 0 Å². The van der Waals surface area contributed by atoms with Gasteiger partial charge in [0.2, 0.25) is 5.91 Å². The standard InChI is InChI=1S/C19H28N2O2/c1-20-12-8-4-7-11-17-19(20)16(15-9-5-3-6-10-15)13-21(17)18(22)14-23-2/h3,5-6,9-10,16-17,19H,4,7-8,11-14H2,1-2H3/t16-,17+,19-/m0/s1. The lowest BCUT2D eigenvalue weighted by Gasteiger charge is -2.36. The number of hydrogen-bond acceptors (Lipinski definition) is 3. The summed E-state index contributed by atoms with van der Waals surface area (Å²) in [5.41, 5.74) is 1.35. The molecule has 0 saturated carbocycles. The topological polar surface area (TPSA) is 32.8 Å². The van der Waals surface area contributed by atoms with Gasteiger partial charge in [-0.25, -0.2) is 0 Å². The number of rotatable bonds is 3. The zero-order chi connectivity index (χ0) is 16.2. The Kier molecular flexibility index (Phi) is 5.34. The Labute approximate surface area is 139 Å². The summed E-state index contributed by atoms with van der Waals surface area (Å²) in [6.45, 7) is 2.12. The molecule has 23 heavy (non-hydrogen) atoms. The van der Waals surface area contributed by atoms with E-state index in [1.807, 2.05) is 0 Å². The molecule has 126 valence electrons. The first kappa shape index (κ1) is 16.5. The number of likely N-dealkylation sites (N-methyl/N-ethyl adjacent to an activating group) is 1. The monoisotopic (exact) mass is 316 g/mol. The number of ether oxygens (including phenoxy) is 1. The highest BCUT2D eigenvalue weighted by molar-refractivity contribution is 5.78. The van der Waals surface area contributed by atoms with E-state index < -0.39 is 0 Å². The molecule has 1 aromatic carbocycles. The van der Waals surface area contributed by atoms with Crippen LogP contribution in [-0.4, -0.2) is 61.6 Å². The third-order valence-corrected chi connectivity index (χ3v) is 5.44. The van der Waals surface area contributed by atoms with Gasteiger partial charge in [0.05, 0.1) is 0 Å². The van der Waals surface area contributed by atoms with Gasteiger partial charge in [0.15, 0.2) is 0 Å². The van der Waals surface area contributed by atoms with Crippen molar-refractivity contribution in [3.63, 3.8) is 0 Å². The average molecular weight is 316 g/mol. The predicted molar refractivity (Wildman–Crippen MR) is 91.4 cm³/mol. The number of benzene rings is 1. The number of methoxy groups -OCH3 is 1. The van der Waals surface area contributed by atoms with Crippen LogP contribution < -0.4 is 0 Å². The molecule has 2 aliphatic rings. The molecule has 4 nitrogen and oxygen atoms in total. The zero-order valence-corrected chi connectivity index (χ0v) is 14.3. The van der Waals surface area contributed by atoms with E-state index >= 15 is 0 Å². The fourth-order valence-electron chi connectivity index (χ4n) is 4.37. The van der Waals surface area contributed by atoms with Crippen LogP contribution in [0.25, 0.3) is 0 Å². The summed E-state index contributed by atoms with van der Waals surface area (Å²) in [7, 11) is 3.83. The third-order valence-electron chi connectivity index (χ3n) is 5.44. The highest BCUT2D eigenvalue weighted by Crippen LogP contribution is 2.38. The van der Waals surface area contributed by atoms with Gasteiger partial charge in [-0.1, -0.05) is 43.2 Å². The minimum atomic E-state index is 0.134. The molecule has 0 unspecified atom stereocenters. The van der Waals surface area contributed by atoms with Crippen molar-refractivity contribution < 1.29 is 9.53 Å². The van der Waals surface area contributed by atoms with Crippen LogP contribution in [0.1, 0.15) is 37.2 Å². The number of hydrogen-bond donors (Lipinski definition) is 0. The molecular formula is C19H28N2O2. The minimum absolute atomic E-state index is 0.134. The fourth-order valence-corrected chi connectivity index (χ4v) is 4.37. The third kappa shape index (κ3) is 3.43. The van der Waals surface area contributed by atoms with Crippen molar-refractivity contribution in [2.45, 2.75) is 43.7 Å². The molecule has 1 amide bonds. The van der Waals surface area contributed by atoms with Gasteiger partial charge in [-0.15, -0.1) is 0 Å². The lowest BCUT2D eigenvalue weighted by molar-refractivity contribution is -0.136. The molecule has 0 N–H and O–H groups in total. The van der Waals surface area contributed by atoms with E-state index in [4.69, 9.17) is 4.74 Å². The first-order valence-electron chi connectivity index (χ1n) is 8.76. The largest absolute Gasteiger partial charge is 0.375 e. The number of amides is 1. The number of fused-ring (bicyclic) bond motifs is 1. The van der Waals surface area contributed by atoms with Crippen LogP contribution in [0.2, 0.25) is 0 Å². The maximum Gasteiger partial charge on any atom is 0.248 e. The molecule has 0 aromatic heterocycles. The van der Waals surface area contributed by atoms with Crippen molar-refractivity contribution in [2.24, 2.45) is 0 Å². The molecule has 0 bridgehead atoms. The van der Waals surface area contributed by atoms with Gasteiger partial charge in [0.1, 0.15) is 6.61 Å². The van der Waals surface area contributed by atoms with E-state index in [2.05, 4.69) is 47.2 Å². The first-order valence-corrected chi connectivity index (χ1v) is 8.76. The molecule has 0 aliphatic carbocycles. The molecule has 4 heteroatoms. The fraction of sp³-hybridized carbons (Fsp3) is 0.632. The van der Waals surface area contributed by atoms with E-state index in [-0.39, 0.29) is 12.5 Å². The van der Waals surface area contributed by atoms with Crippen LogP contribution >= 0.6 is 0 Å². The Bertz CT molecular complexity index is 519. The Hall–Kier alpha value is -1.39. The van der Waals surface area contributed by atoms with Crippen molar-refractivity contribution >= 4 is 5.91 Å². The summed E-state index contributed by atoms with van der Waals surface area (Å²) in [5.74, 6) is 0.528. The number of likely N-dealkylation sites (tertiary alicyclic amines) is 2. The highest BCUT2D eigenvalue weighted by atomic mass is 16.5. The van der Waals surface area contributed by atoms with E-state index in [0.717, 1.165) is 19.5 Å². The lowest BCUT2D eigenvalue weighted by Crippen LogP contribution is -2.48. The van der Waals surface area contributed by atoms with E-state index in [9.17, 15) is 4.79 Å². The van der Waals surface area contributed by atoms with Crippen LogP contribution in [0.3, 0.4) is 0 Å². The van der Waals surface area contributed by atoms with Crippen molar-refractivity contribution in [1.29, 1.82) is 0 Å². The molecule has 1 aromatic rings. The SMILES string of the molecule is COCC(=O)N1C[C@@H](c2ccccc2)[C@H]2[C@H]1CCCCCN2C. The summed E-state index contributed by atoms with van der Waals surface area (Å²) < 4.78 is 5.11. The average Bonchev–Trinajstić information content (AvgIpc) is 2.92. The second-order valence-electron chi connectivity index (χ2n) is 6.88.